The van der Waals surface area contributed by atoms with Crippen molar-refractivity contribution in [3.8, 4) is 0 Å². The minimum absolute atomic E-state index is 0.0264. The molecule has 3 heteroatoms. The van der Waals surface area contributed by atoms with Gasteiger partial charge in [0.15, 0.2) is 0 Å². The van der Waals surface area contributed by atoms with Gasteiger partial charge in [-0.25, -0.2) is 0 Å². The largest absolute Gasteiger partial charge is 0.394 e. The van der Waals surface area contributed by atoms with Crippen LogP contribution in [0.4, 0.5) is 0 Å². The minimum Gasteiger partial charge on any atom is -0.394 e. The average molecular weight is 219 g/mol. The average Bonchev–Trinajstić information content (AvgIpc) is 2.34. The molecule has 1 amide bonds. The molecule has 0 spiro atoms. The number of amides is 1. The van der Waals surface area contributed by atoms with Crippen molar-refractivity contribution in [3.05, 3.63) is 42.0 Å². The third-order valence-electron chi connectivity index (χ3n) is 2.29. The van der Waals surface area contributed by atoms with Gasteiger partial charge in [0.05, 0.1) is 12.6 Å². The summed E-state index contributed by atoms with van der Waals surface area (Å²) in [6.45, 7) is 1.89. The van der Waals surface area contributed by atoms with Crippen LogP contribution >= 0.6 is 0 Å². The van der Waals surface area contributed by atoms with Crippen LogP contribution in [0.1, 0.15) is 18.9 Å². The molecule has 1 aromatic carbocycles. The molecule has 0 saturated heterocycles. The van der Waals surface area contributed by atoms with Gasteiger partial charge in [-0.05, 0) is 18.1 Å². The predicted octanol–water partition coefficient (Wildman–Crippen LogP) is 1.59. The Bertz CT molecular complexity index is 342. The molecule has 0 heterocycles. The number of carbonyl (C=O) groups excluding carboxylic acids is 1. The Hall–Kier alpha value is -1.61. The fourth-order valence-electron chi connectivity index (χ4n) is 1.26. The standard InChI is InChI=1S/C13H17NO2/c1-2-12(10-15)14-13(16)9-8-11-6-4-3-5-7-11/h3-9,12,15H,2,10H2,1H3,(H,14,16)/b9-8+. The summed E-state index contributed by atoms with van der Waals surface area (Å²) in [7, 11) is 0. The van der Waals surface area contributed by atoms with Crippen LogP contribution in [0.15, 0.2) is 36.4 Å². The first-order chi connectivity index (χ1) is 7.76. The van der Waals surface area contributed by atoms with Crippen LogP contribution < -0.4 is 5.32 Å². The van der Waals surface area contributed by atoms with Gasteiger partial charge in [0.2, 0.25) is 5.91 Å². The Morgan fingerprint density at radius 1 is 1.44 bits per heavy atom. The van der Waals surface area contributed by atoms with Crippen molar-refractivity contribution in [2.75, 3.05) is 6.61 Å². The molecule has 1 atom stereocenters. The van der Waals surface area contributed by atoms with Gasteiger partial charge in [0.1, 0.15) is 0 Å². The molecule has 2 N–H and O–H groups in total. The van der Waals surface area contributed by atoms with E-state index in [9.17, 15) is 4.79 Å². The van der Waals surface area contributed by atoms with Crippen molar-refractivity contribution in [2.24, 2.45) is 0 Å². The van der Waals surface area contributed by atoms with Crippen molar-refractivity contribution >= 4 is 12.0 Å². The molecule has 0 radical (unpaired) electrons. The summed E-state index contributed by atoms with van der Waals surface area (Å²) in [4.78, 5) is 11.4. The molecule has 0 aromatic heterocycles. The van der Waals surface area contributed by atoms with Gasteiger partial charge in [-0.1, -0.05) is 37.3 Å². The predicted molar refractivity (Wildman–Crippen MR) is 64.8 cm³/mol. The number of benzene rings is 1. The third kappa shape index (κ3) is 4.28. The highest BCUT2D eigenvalue weighted by atomic mass is 16.3. The Morgan fingerprint density at radius 2 is 2.12 bits per heavy atom. The highest BCUT2D eigenvalue weighted by Crippen LogP contribution is 2.00. The van der Waals surface area contributed by atoms with Gasteiger partial charge < -0.3 is 10.4 Å². The van der Waals surface area contributed by atoms with E-state index in [-0.39, 0.29) is 18.6 Å². The number of hydrogen-bond donors (Lipinski definition) is 2. The smallest absolute Gasteiger partial charge is 0.244 e. The van der Waals surface area contributed by atoms with Crippen LogP contribution in [0.2, 0.25) is 0 Å². The van der Waals surface area contributed by atoms with E-state index in [1.54, 1.807) is 6.08 Å². The van der Waals surface area contributed by atoms with E-state index in [1.165, 1.54) is 6.08 Å². The molecule has 1 rings (SSSR count). The lowest BCUT2D eigenvalue weighted by molar-refractivity contribution is -0.117. The van der Waals surface area contributed by atoms with Gasteiger partial charge in [0, 0.05) is 6.08 Å². The topological polar surface area (TPSA) is 49.3 Å². The summed E-state index contributed by atoms with van der Waals surface area (Å²) in [5.74, 6) is -0.176. The van der Waals surface area contributed by atoms with Crippen molar-refractivity contribution in [2.45, 2.75) is 19.4 Å². The second kappa shape index (κ2) is 6.80. The lowest BCUT2D eigenvalue weighted by Gasteiger charge is -2.11. The Labute approximate surface area is 95.8 Å². The number of aliphatic hydroxyl groups excluding tert-OH is 1. The molecule has 86 valence electrons. The van der Waals surface area contributed by atoms with E-state index in [0.29, 0.717) is 0 Å². The maximum absolute atomic E-state index is 11.4. The van der Waals surface area contributed by atoms with Crippen LogP contribution in [0.3, 0.4) is 0 Å². The summed E-state index contributed by atoms with van der Waals surface area (Å²) in [5, 5.41) is 11.6. The Morgan fingerprint density at radius 3 is 2.69 bits per heavy atom. The number of rotatable bonds is 5. The van der Waals surface area contributed by atoms with E-state index in [0.717, 1.165) is 12.0 Å². The monoisotopic (exact) mass is 219 g/mol. The van der Waals surface area contributed by atoms with E-state index >= 15 is 0 Å². The molecule has 0 aliphatic rings. The first kappa shape index (κ1) is 12.5. The van der Waals surface area contributed by atoms with E-state index in [4.69, 9.17) is 5.11 Å². The zero-order valence-electron chi connectivity index (χ0n) is 9.39. The molecule has 0 aliphatic heterocycles. The lowest BCUT2D eigenvalue weighted by atomic mass is 10.2. The Balaban J connectivity index is 2.48. The third-order valence-corrected chi connectivity index (χ3v) is 2.29. The van der Waals surface area contributed by atoms with E-state index in [2.05, 4.69) is 5.32 Å². The maximum atomic E-state index is 11.4. The molecular formula is C13H17NO2. The molecule has 0 saturated carbocycles. The first-order valence-electron chi connectivity index (χ1n) is 5.40. The number of carbonyl (C=O) groups is 1. The van der Waals surface area contributed by atoms with E-state index in [1.807, 2.05) is 37.3 Å². The highest BCUT2D eigenvalue weighted by Gasteiger charge is 2.05. The fourth-order valence-corrected chi connectivity index (χ4v) is 1.26. The normalized spacial score (nSPS) is 12.6. The summed E-state index contributed by atoms with van der Waals surface area (Å²) < 4.78 is 0. The van der Waals surface area contributed by atoms with Crippen LogP contribution in [-0.2, 0) is 4.79 Å². The van der Waals surface area contributed by atoms with Gasteiger partial charge in [-0.3, -0.25) is 4.79 Å². The summed E-state index contributed by atoms with van der Waals surface area (Å²) in [5.41, 5.74) is 0.981. The molecule has 1 aromatic rings. The zero-order chi connectivity index (χ0) is 11.8. The summed E-state index contributed by atoms with van der Waals surface area (Å²) in [6, 6.07) is 9.45. The number of hydrogen-bond acceptors (Lipinski definition) is 2. The van der Waals surface area contributed by atoms with Crippen LogP contribution in [0.25, 0.3) is 6.08 Å². The second-order valence-corrected chi connectivity index (χ2v) is 3.54. The molecule has 0 aliphatic carbocycles. The van der Waals surface area contributed by atoms with Crippen molar-refractivity contribution in [1.29, 1.82) is 0 Å². The number of aliphatic hydroxyl groups is 1. The molecule has 0 fully saturated rings. The second-order valence-electron chi connectivity index (χ2n) is 3.54. The molecule has 3 nitrogen and oxygen atoms in total. The molecule has 1 unspecified atom stereocenters. The minimum atomic E-state index is -0.176. The van der Waals surface area contributed by atoms with Gasteiger partial charge in [-0.2, -0.15) is 0 Å². The van der Waals surface area contributed by atoms with Crippen LogP contribution in [0.5, 0.6) is 0 Å². The van der Waals surface area contributed by atoms with Gasteiger partial charge >= 0.3 is 0 Å². The zero-order valence-corrected chi connectivity index (χ0v) is 9.39. The molecule has 16 heavy (non-hydrogen) atoms. The Kier molecular flexibility index (Phi) is 5.29. The lowest BCUT2D eigenvalue weighted by Crippen LogP contribution is -2.35. The molecule has 0 bridgehead atoms. The van der Waals surface area contributed by atoms with Gasteiger partial charge in [-0.15, -0.1) is 0 Å². The van der Waals surface area contributed by atoms with Crippen LogP contribution in [-0.4, -0.2) is 23.7 Å². The molecular weight excluding hydrogens is 202 g/mol. The van der Waals surface area contributed by atoms with Gasteiger partial charge in [0.25, 0.3) is 0 Å². The summed E-state index contributed by atoms with van der Waals surface area (Å²) >= 11 is 0. The fraction of sp³-hybridized carbons (Fsp3) is 0.308. The van der Waals surface area contributed by atoms with Crippen molar-refractivity contribution in [1.82, 2.24) is 5.32 Å². The quantitative estimate of drug-likeness (QED) is 0.739. The first-order valence-corrected chi connectivity index (χ1v) is 5.40. The van der Waals surface area contributed by atoms with Crippen molar-refractivity contribution < 1.29 is 9.90 Å². The van der Waals surface area contributed by atoms with Crippen LogP contribution in [0, 0.1) is 0 Å². The SMILES string of the molecule is CCC(CO)NC(=O)/C=C/c1ccccc1. The maximum Gasteiger partial charge on any atom is 0.244 e. The number of nitrogens with one attached hydrogen (secondary N) is 1. The highest BCUT2D eigenvalue weighted by molar-refractivity contribution is 5.91. The van der Waals surface area contributed by atoms with E-state index < -0.39 is 0 Å². The summed E-state index contributed by atoms with van der Waals surface area (Å²) in [6.07, 6.45) is 3.95. The van der Waals surface area contributed by atoms with Crippen molar-refractivity contribution in [3.63, 3.8) is 0 Å².